The Morgan fingerprint density at radius 1 is 1.23 bits per heavy atom. The first-order chi connectivity index (χ1) is 12.6. The second-order valence-corrected chi connectivity index (χ2v) is 7.90. The van der Waals surface area contributed by atoms with Gasteiger partial charge in [0.15, 0.2) is 5.96 Å². The van der Waals surface area contributed by atoms with E-state index >= 15 is 0 Å². The van der Waals surface area contributed by atoms with E-state index in [1.54, 1.807) is 0 Å². The summed E-state index contributed by atoms with van der Waals surface area (Å²) in [5, 5.41) is 3.78. The summed E-state index contributed by atoms with van der Waals surface area (Å²) in [7, 11) is 1.48. The van der Waals surface area contributed by atoms with Crippen LogP contribution in [0, 0.1) is 11.3 Å². The Hall–Kier alpha value is -1.30. The highest BCUT2D eigenvalue weighted by Crippen LogP contribution is 2.54. The summed E-state index contributed by atoms with van der Waals surface area (Å²) in [6.07, 6.45) is 8.32. The molecule has 1 N–H and O–H groups in total. The minimum atomic E-state index is -0.0740. The van der Waals surface area contributed by atoms with Crippen LogP contribution in [0.25, 0.3) is 0 Å². The Kier molecular flexibility index (Phi) is 6.43. The molecular formula is C20H35N3O3. The van der Waals surface area contributed by atoms with Crippen LogP contribution in [-0.4, -0.2) is 62.3 Å². The third-order valence-corrected chi connectivity index (χ3v) is 6.63. The van der Waals surface area contributed by atoms with Crippen molar-refractivity contribution < 1.29 is 14.3 Å². The fourth-order valence-electron chi connectivity index (χ4n) is 5.13. The number of piperidine rings is 1. The van der Waals surface area contributed by atoms with Crippen LogP contribution >= 0.6 is 0 Å². The molecule has 3 rings (SSSR count). The molecule has 6 nitrogen and oxygen atoms in total. The molecule has 1 saturated heterocycles. The zero-order valence-electron chi connectivity index (χ0n) is 16.6. The van der Waals surface area contributed by atoms with E-state index in [0.717, 1.165) is 51.5 Å². The van der Waals surface area contributed by atoms with Gasteiger partial charge in [-0.1, -0.05) is 12.8 Å². The Morgan fingerprint density at radius 2 is 1.92 bits per heavy atom. The minimum Gasteiger partial charge on any atom is -0.469 e. The molecular weight excluding hydrogens is 330 g/mol. The van der Waals surface area contributed by atoms with Crippen molar-refractivity contribution in [1.29, 1.82) is 0 Å². The predicted molar refractivity (Wildman–Crippen MR) is 102 cm³/mol. The van der Waals surface area contributed by atoms with Crippen LogP contribution in [0.4, 0.5) is 0 Å². The average Bonchev–Trinajstić information content (AvgIpc) is 3.19. The van der Waals surface area contributed by atoms with Crippen LogP contribution in [0.1, 0.15) is 58.8 Å². The molecule has 1 aliphatic heterocycles. The number of esters is 1. The van der Waals surface area contributed by atoms with Gasteiger partial charge in [-0.2, -0.15) is 0 Å². The molecule has 0 radical (unpaired) electrons. The van der Waals surface area contributed by atoms with Gasteiger partial charge < -0.3 is 19.7 Å². The minimum absolute atomic E-state index is 0.0336. The molecule has 2 atom stereocenters. The SMILES string of the molecule is CCN=C(NC1CC(OCC)C12CCCC2)N1CCC(C(=O)OC)CC1. The van der Waals surface area contributed by atoms with Crippen molar-refractivity contribution in [3.63, 3.8) is 0 Å². The summed E-state index contributed by atoms with van der Waals surface area (Å²) in [4.78, 5) is 18.8. The fraction of sp³-hybridized carbons (Fsp3) is 0.900. The number of aliphatic imine (C=N–C) groups is 1. The Bertz CT molecular complexity index is 508. The van der Waals surface area contributed by atoms with Crippen LogP contribution in [0.3, 0.4) is 0 Å². The summed E-state index contributed by atoms with van der Waals surface area (Å²) in [5.41, 5.74) is 0.300. The van der Waals surface area contributed by atoms with Crippen LogP contribution in [0.2, 0.25) is 0 Å². The number of hydrogen-bond donors (Lipinski definition) is 1. The molecule has 2 aliphatic carbocycles. The number of methoxy groups -OCH3 is 1. The first-order valence-corrected chi connectivity index (χ1v) is 10.4. The number of likely N-dealkylation sites (tertiary alicyclic amines) is 1. The number of carbonyl (C=O) groups excluding carboxylic acids is 1. The highest BCUT2D eigenvalue weighted by atomic mass is 16.5. The Morgan fingerprint density at radius 3 is 2.50 bits per heavy atom. The van der Waals surface area contributed by atoms with Crippen molar-refractivity contribution in [3.8, 4) is 0 Å². The smallest absolute Gasteiger partial charge is 0.308 e. The molecule has 0 aromatic rings. The summed E-state index contributed by atoms with van der Waals surface area (Å²) >= 11 is 0. The van der Waals surface area contributed by atoms with Gasteiger partial charge in [-0.25, -0.2) is 0 Å². The third-order valence-electron chi connectivity index (χ3n) is 6.63. The maximum absolute atomic E-state index is 11.8. The number of nitrogens with one attached hydrogen (secondary N) is 1. The van der Waals surface area contributed by atoms with Gasteiger partial charge in [-0.05, 0) is 46.0 Å². The van der Waals surface area contributed by atoms with Crippen molar-refractivity contribution in [3.05, 3.63) is 0 Å². The lowest BCUT2D eigenvalue weighted by atomic mass is 9.60. The van der Waals surface area contributed by atoms with Crippen LogP contribution in [0.5, 0.6) is 0 Å². The monoisotopic (exact) mass is 365 g/mol. The lowest BCUT2D eigenvalue weighted by Gasteiger charge is -2.55. The molecule has 0 bridgehead atoms. The van der Waals surface area contributed by atoms with E-state index in [1.807, 2.05) is 0 Å². The predicted octanol–water partition coefficient (Wildman–Crippen LogP) is 2.57. The molecule has 0 amide bonds. The Labute approximate surface area is 157 Å². The van der Waals surface area contributed by atoms with Gasteiger partial charge in [0.1, 0.15) is 0 Å². The first kappa shape index (κ1) is 19.5. The van der Waals surface area contributed by atoms with Gasteiger partial charge in [-0.3, -0.25) is 9.79 Å². The molecule has 0 aromatic heterocycles. The van der Waals surface area contributed by atoms with Crippen molar-refractivity contribution in [2.24, 2.45) is 16.3 Å². The third kappa shape index (κ3) is 3.71. The topological polar surface area (TPSA) is 63.2 Å². The van der Waals surface area contributed by atoms with E-state index in [4.69, 9.17) is 14.5 Å². The Balaban J connectivity index is 1.61. The van der Waals surface area contributed by atoms with E-state index in [2.05, 4.69) is 24.1 Å². The molecule has 6 heteroatoms. The van der Waals surface area contributed by atoms with E-state index in [-0.39, 0.29) is 11.9 Å². The van der Waals surface area contributed by atoms with E-state index in [9.17, 15) is 4.79 Å². The zero-order valence-corrected chi connectivity index (χ0v) is 16.6. The number of hydrogen-bond acceptors (Lipinski definition) is 4. The standard InChI is InChI=1S/C20H35N3O3/c1-4-21-19(23-12-8-15(9-13-23)18(24)25-3)22-16-14-17(26-5-2)20(16)10-6-7-11-20/h15-17H,4-14H2,1-3H3,(H,21,22). The summed E-state index contributed by atoms with van der Waals surface area (Å²) in [6.45, 7) is 7.47. The fourth-order valence-corrected chi connectivity index (χ4v) is 5.13. The van der Waals surface area contributed by atoms with Crippen molar-refractivity contribution in [2.75, 3.05) is 33.4 Å². The number of carbonyl (C=O) groups is 1. The van der Waals surface area contributed by atoms with Gasteiger partial charge in [0, 0.05) is 37.7 Å². The molecule has 2 unspecified atom stereocenters. The van der Waals surface area contributed by atoms with E-state index in [1.165, 1.54) is 32.8 Å². The largest absolute Gasteiger partial charge is 0.469 e. The van der Waals surface area contributed by atoms with Gasteiger partial charge in [0.2, 0.25) is 0 Å². The van der Waals surface area contributed by atoms with E-state index in [0.29, 0.717) is 17.6 Å². The second-order valence-electron chi connectivity index (χ2n) is 7.90. The molecule has 1 spiro atoms. The average molecular weight is 366 g/mol. The molecule has 0 aromatic carbocycles. The van der Waals surface area contributed by atoms with E-state index < -0.39 is 0 Å². The maximum Gasteiger partial charge on any atom is 0.308 e. The van der Waals surface area contributed by atoms with Gasteiger partial charge in [0.25, 0.3) is 0 Å². The number of guanidine groups is 1. The zero-order chi connectivity index (χ0) is 18.6. The van der Waals surface area contributed by atoms with Crippen LogP contribution < -0.4 is 5.32 Å². The molecule has 148 valence electrons. The van der Waals surface area contributed by atoms with Crippen molar-refractivity contribution in [2.45, 2.75) is 70.9 Å². The second kappa shape index (κ2) is 8.59. The highest BCUT2D eigenvalue weighted by molar-refractivity contribution is 5.81. The van der Waals surface area contributed by atoms with Crippen LogP contribution in [0.15, 0.2) is 4.99 Å². The van der Waals surface area contributed by atoms with Crippen molar-refractivity contribution in [1.82, 2.24) is 10.2 Å². The molecule has 1 heterocycles. The quantitative estimate of drug-likeness (QED) is 0.461. The summed E-state index contributed by atoms with van der Waals surface area (Å²) in [6, 6.07) is 0.463. The van der Waals surface area contributed by atoms with Gasteiger partial charge >= 0.3 is 5.97 Å². The molecule has 3 fully saturated rings. The lowest BCUT2D eigenvalue weighted by Crippen LogP contribution is -2.65. The maximum atomic E-state index is 11.8. The van der Waals surface area contributed by atoms with Crippen LogP contribution in [-0.2, 0) is 14.3 Å². The normalized spacial score (nSPS) is 28.9. The number of ether oxygens (including phenoxy) is 2. The van der Waals surface area contributed by atoms with Gasteiger partial charge in [-0.15, -0.1) is 0 Å². The number of rotatable bonds is 5. The molecule has 2 saturated carbocycles. The van der Waals surface area contributed by atoms with Crippen molar-refractivity contribution >= 4 is 11.9 Å². The summed E-state index contributed by atoms with van der Waals surface area (Å²) < 4.78 is 10.9. The molecule has 26 heavy (non-hydrogen) atoms. The lowest BCUT2D eigenvalue weighted by molar-refractivity contribution is -0.146. The number of nitrogens with zero attached hydrogens (tertiary/aromatic N) is 2. The highest BCUT2D eigenvalue weighted by Gasteiger charge is 2.57. The first-order valence-electron chi connectivity index (χ1n) is 10.4. The van der Waals surface area contributed by atoms with Gasteiger partial charge in [0.05, 0.1) is 19.1 Å². The summed E-state index contributed by atoms with van der Waals surface area (Å²) in [5.74, 6) is 0.975. The molecule has 3 aliphatic rings.